The van der Waals surface area contributed by atoms with Gasteiger partial charge in [0.05, 0.1) is 0 Å². The predicted molar refractivity (Wildman–Crippen MR) is 186 cm³/mol. The summed E-state index contributed by atoms with van der Waals surface area (Å²) in [5.74, 6) is -2.18. The zero-order valence-electron chi connectivity index (χ0n) is 28.0. The van der Waals surface area contributed by atoms with E-state index in [2.05, 4.69) is 31.9 Å². The molecular weight excluding hydrogens is 626 g/mol. The van der Waals surface area contributed by atoms with Gasteiger partial charge in [-0.15, -0.1) is 0 Å². The Kier molecular flexibility index (Phi) is 15.4. The van der Waals surface area contributed by atoms with Crippen molar-refractivity contribution in [1.29, 1.82) is 0 Å². The molecule has 49 heavy (non-hydrogen) atoms. The summed E-state index contributed by atoms with van der Waals surface area (Å²) >= 11 is 0. The standard InChI is InChI=1S/C36H45N7O6/c1-25(40-34(47)28-13-7-4-8-14-28)31(44)37-19-22-43(23-20-38-32(45)26(2)41-35(48)29-15-9-5-10-16-29)24-21-39-33(46)27(3)42-36(49)30-17-11-6-12-18-30/h4-18,25-27H,19-24H2,1-3H3,(H,37,44)(H,38,45)(H,39,46)(H,40,47)(H,41,48)(H,42,49)/t25-,26-,27-/m0/s1. The predicted octanol–water partition coefficient (Wildman–Crippen LogP) is 1.09. The lowest BCUT2D eigenvalue weighted by Gasteiger charge is -2.24. The normalized spacial score (nSPS) is 12.5. The average molecular weight is 672 g/mol. The Balaban J connectivity index is 1.49. The van der Waals surface area contributed by atoms with Crippen molar-refractivity contribution in [3.63, 3.8) is 0 Å². The molecule has 260 valence electrons. The number of amides is 6. The number of carbonyl (C=O) groups excluding carboxylic acids is 6. The van der Waals surface area contributed by atoms with Gasteiger partial charge in [-0.2, -0.15) is 0 Å². The first-order valence-corrected chi connectivity index (χ1v) is 16.2. The monoisotopic (exact) mass is 671 g/mol. The number of hydrogen-bond acceptors (Lipinski definition) is 7. The summed E-state index contributed by atoms with van der Waals surface area (Å²) in [7, 11) is 0. The molecule has 3 aromatic carbocycles. The molecule has 0 radical (unpaired) electrons. The van der Waals surface area contributed by atoms with E-state index in [4.69, 9.17) is 0 Å². The van der Waals surface area contributed by atoms with Crippen LogP contribution in [0.15, 0.2) is 91.0 Å². The minimum Gasteiger partial charge on any atom is -0.353 e. The van der Waals surface area contributed by atoms with Crippen molar-refractivity contribution in [1.82, 2.24) is 36.8 Å². The molecule has 0 bridgehead atoms. The first kappa shape index (κ1) is 37.9. The number of benzene rings is 3. The van der Waals surface area contributed by atoms with Crippen LogP contribution in [0.25, 0.3) is 0 Å². The van der Waals surface area contributed by atoms with Crippen molar-refractivity contribution in [3.05, 3.63) is 108 Å². The van der Waals surface area contributed by atoms with Gasteiger partial charge >= 0.3 is 0 Å². The molecule has 0 aromatic heterocycles. The molecule has 0 saturated heterocycles. The minimum absolute atomic E-state index is 0.235. The topological polar surface area (TPSA) is 178 Å². The fourth-order valence-corrected chi connectivity index (χ4v) is 4.61. The first-order valence-electron chi connectivity index (χ1n) is 16.2. The van der Waals surface area contributed by atoms with Crippen LogP contribution in [-0.4, -0.2) is 97.7 Å². The Morgan fingerprint density at radius 3 is 0.939 bits per heavy atom. The van der Waals surface area contributed by atoms with Crippen molar-refractivity contribution in [2.45, 2.75) is 38.9 Å². The smallest absolute Gasteiger partial charge is 0.251 e. The quantitative estimate of drug-likeness (QED) is 0.117. The third-order valence-corrected chi connectivity index (χ3v) is 7.51. The van der Waals surface area contributed by atoms with E-state index >= 15 is 0 Å². The van der Waals surface area contributed by atoms with Gasteiger partial charge in [0.15, 0.2) is 0 Å². The Hall–Kier alpha value is -5.56. The lowest BCUT2D eigenvalue weighted by Crippen LogP contribution is -2.50. The SMILES string of the molecule is C[C@H](NC(=O)c1ccccc1)C(=O)NCCN(CCNC(=O)[C@H](C)NC(=O)c1ccccc1)CCNC(=O)[C@H](C)NC(=O)c1ccccc1. The van der Waals surface area contributed by atoms with Gasteiger partial charge in [-0.3, -0.25) is 33.7 Å². The third kappa shape index (κ3) is 13.2. The highest BCUT2D eigenvalue weighted by molar-refractivity contribution is 5.98. The fraction of sp³-hybridized carbons (Fsp3) is 0.333. The lowest BCUT2D eigenvalue weighted by molar-refractivity contribution is -0.123. The first-order chi connectivity index (χ1) is 23.5. The van der Waals surface area contributed by atoms with Crippen molar-refractivity contribution in [3.8, 4) is 0 Å². The van der Waals surface area contributed by atoms with E-state index < -0.39 is 18.1 Å². The molecule has 13 heteroatoms. The molecule has 0 saturated carbocycles. The molecule has 3 rings (SSSR count). The second-order valence-corrected chi connectivity index (χ2v) is 11.4. The highest BCUT2D eigenvalue weighted by Crippen LogP contribution is 2.01. The van der Waals surface area contributed by atoms with Gasteiger partial charge in [0.2, 0.25) is 17.7 Å². The number of hydrogen-bond donors (Lipinski definition) is 6. The summed E-state index contributed by atoms with van der Waals surface area (Å²) in [5.41, 5.74) is 1.33. The highest BCUT2D eigenvalue weighted by Gasteiger charge is 2.20. The van der Waals surface area contributed by atoms with Crippen molar-refractivity contribution >= 4 is 35.4 Å². The number of carbonyl (C=O) groups is 6. The molecule has 0 aliphatic carbocycles. The minimum atomic E-state index is -0.778. The molecule has 6 amide bonds. The zero-order chi connectivity index (χ0) is 35.6. The van der Waals surface area contributed by atoms with Gasteiger partial charge in [-0.05, 0) is 57.2 Å². The molecule has 0 unspecified atom stereocenters. The van der Waals surface area contributed by atoms with Crippen molar-refractivity contribution in [2.75, 3.05) is 39.3 Å². The molecule has 0 fully saturated rings. The Bertz CT molecular complexity index is 1350. The van der Waals surface area contributed by atoms with E-state index in [0.717, 1.165) is 0 Å². The summed E-state index contributed by atoms with van der Waals surface area (Å²) in [6, 6.07) is 23.4. The molecule has 6 N–H and O–H groups in total. The van der Waals surface area contributed by atoms with Crippen LogP contribution in [0.1, 0.15) is 51.8 Å². The van der Waals surface area contributed by atoms with Crippen LogP contribution in [0.4, 0.5) is 0 Å². The summed E-state index contributed by atoms with van der Waals surface area (Å²) < 4.78 is 0. The van der Waals surface area contributed by atoms with E-state index in [9.17, 15) is 28.8 Å². The Morgan fingerprint density at radius 2 is 0.694 bits per heavy atom. The van der Waals surface area contributed by atoms with Gasteiger partial charge in [-0.1, -0.05) is 54.6 Å². The van der Waals surface area contributed by atoms with Gasteiger partial charge in [-0.25, -0.2) is 0 Å². The van der Waals surface area contributed by atoms with Gasteiger partial charge in [0.1, 0.15) is 18.1 Å². The largest absolute Gasteiger partial charge is 0.353 e. The zero-order valence-corrected chi connectivity index (χ0v) is 28.0. The van der Waals surface area contributed by atoms with Gasteiger partial charge in [0.25, 0.3) is 17.7 Å². The molecule has 0 spiro atoms. The second kappa shape index (κ2) is 20.0. The van der Waals surface area contributed by atoms with Crippen LogP contribution in [0.3, 0.4) is 0 Å². The molecule has 3 atom stereocenters. The summed E-state index contributed by atoms with van der Waals surface area (Å²) in [5, 5.41) is 16.5. The van der Waals surface area contributed by atoms with Crippen LogP contribution < -0.4 is 31.9 Å². The average Bonchev–Trinajstić information content (AvgIpc) is 3.12. The van der Waals surface area contributed by atoms with Crippen LogP contribution in [0, 0.1) is 0 Å². The van der Waals surface area contributed by atoms with Gasteiger partial charge < -0.3 is 31.9 Å². The summed E-state index contributed by atoms with van der Waals surface area (Å²) in [6.07, 6.45) is 0. The molecule has 3 aromatic rings. The maximum Gasteiger partial charge on any atom is 0.251 e. The molecule has 0 aliphatic heterocycles. The van der Waals surface area contributed by atoms with E-state index in [-0.39, 0.29) is 55.1 Å². The Labute approximate surface area is 286 Å². The van der Waals surface area contributed by atoms with E-state index in [1.165, 1.54) is 0 Å². The molecular formula is C36H45N7O6. The second-order valence-electron chi connectivity index (χ2n) is 11.4. The van der Waals surface area contributed by atoms with E-state index in [1.807, 2.05) is 4.90 Å². The van der Waals surface area contributed by atoms with Crippen molar-refractivity contribution < 1.29 is 28.8 Å². The van der Waals surface area contributed by atoms with Crippen LogP contribution in [0.2, 0.25) is 0 Å². The molecule has 0 aliphatic rings. The van der Waals surface area contributed by atoms with Crippen LogP contribution >= 0.6 is 0 Å². The highest BCUT2D eigenvalue weighted by atomic mass is 16.2. The number of rotatable bonds is 18. The summed E-state index contributed by atoms with van der Waals surface area (Å²) in [6.45, 7) is 6.60. The fourth-order valence-electron chi connectivity index (χ4n) is 4.61. The van der Waals surface area contributed by atoms with Crippen LogP contribution in [0.5, 0.6) is 0 Å². The van der Waals surface area contributed by atoms with Crippen molar-refractivity contribution in [2.24, 2.45) is 0 Å². The maximum atomic E-state index is 12.7. The van der Waals surface area contributed by atoms with Crippen LogP contribution in [-0.2, 0) is 14.4 Å². The third-order valence-electron chi connectivity index (χ3n) is 7.51. The summed E-state index contributed by atoms with van der Waals surface area (Å²) in [4.78, 5) is 77.3. The molecule has 13 nitrogen and oxygen atoms in total. The number of nitrogens with zero attached hydrogens (tertiary/aromatic N) is 1. The lowest BCUT2D eigenvalue weighted by atomic mass is 10.2. The van der Waals surface area contributed by atoms with Gasteiger partial charge in [0, 0.05) is 56.0 Å². The van der Waals surface area contributed by atoms with E-state index in [1.54, 1.807) is 112 Å². The molecule has 0 heterocycles. The van der Waals surface area contributed by atoms with E-state index in [0.29, 0.717) is 36.3 Å². The number of nitrogens with one attached hydrogen (secondary N) is 6. The Morgan fingerprint density at radius 1 is 0.449 bits per heavy atom. The maximum absolute atomic E-state index is 12.7.